The van der Waals surface area contributed by atoms with Crippen molar-refractivity contribution < 1.29 is 119 Å². The lowest BCUT2D eigenvalue weighted by Crippen LogP contribution is -2.63. The van der Waals surface area contributed by atoms with Crippen molar-refractivity contribution in [3.8, 4) is 0 Å². The molecule has 630 valence electrons. The number of imide groups is 2. The molecule has 2 N–H and O–H groups in total. The summed E-state index contributed by atoms with van der Waals surface area (Å²) in [5.74, 6) is -8.60. The van der Waals surface area contributed by atoms with Gasteiger partial charge in [0.1, 0.15) is 25.4 Å². The van der Waals surface area contributed by atoms with E-state index in [1.54, 1.807) is 170 Å². The number of nitrogens with zero attached hydrogens (tertiary/aromatic N) is 2. The first-order valence-corrected chi connectivity index (χ1v) is 39.6. The van der Waals surface area contributed by atoms with Gasteiger partial charge in [0.05, 0.1) is 44.5 Å². The van der Waals surface area contributed by atoms with Gasteiger partial charge in [0.15, 0.2) is 36.8 Å². The summed E-state index contributed by atoms with van der Waals surface area (Å²) in [6, 6.07) is 64.1. The van der Waals surface area contributed by atoms with E-state index in [2.05, 4.69) is 0 Å². The number of ether oxygens (including phenoxy) is 12. The predicted octanol–water partition coefficient (Wildman–Crippen LogP) is 12.8. The maximum atomic E-state index is 13.8. The molecule has 8 aromatic carbocycles. The molecule has 4 aliphatic heterocycles. The third-order valence-electron chi connectivity index (χ3n) is 18.6. The summed E-state index contributed by atoms with van der Waals surface area (Å²) >= 11 is 17.8. The highest BCUT2D eigenvalue weighted by atomic mass is 35.6. The van der Waals surface area contributed by atoms with E-state index in [0.717, 1.165) is 25.7 Å². The van der Waals surface area contributed by atoms with Crippen LogP contribution in [0.25, 0.3) is 0 Å². The van der Waals surface area contributed by atoms with Gasteiger partial charge < -0.3 is 61.9 Å². The number of alkyl halides is 3. The highest BCUT2D eigenvalue weighted by molar-refractivity contribution is 6.76. The smallest absolute Gasteiger partial charge is 0.338 e. The number of carbonyl (C=O) groups is 12. The average Bonchev–Trinajstić information content (AvgIpc) is 1.76. The van der Waals surface area contributed by atoms with Crippen molar-refractivity contribution in [1.29, 1.82) is 5.41 Å². The van der Waals surface area contributed by atoms with Crippen molar-refractivity contribution >= 4 is 112 Å². The Balaban J connectivity index is 0.000000220. The van der Waals surface area contributed by atoms with Crippen LogP contribution in [0.5, 0.6) is 0 Å². The lowest BCUT2D eigenvalue weighted by atomic mass is 9.97. The molecule has 4 heterocycles. The lowest BCUT2D eigenvalue weighted by Gasteiger charge is -2.44. The highest BCUT2D eigenvalue weighted by Crippen LogP contribution is 2.37. The zero-order valence-corrected chi connectivity index (χ0v) is 67.1. The topological polar surface area (TPSA) is 366 Å². The summed E-state index contributed by atoms with van der Waals surface area (Å²) in [5.41, 5.74) is 1.30. The van der Waals surface area contributed by atoms with Crippen LogP contribution in [0.4, 0.5) is 0 Å². The Morgan fingerprint density at radius 2 is 0.570 bits per heavy atom. The lowest BCUT2D eigenvalue weighted by molar-refractivity contribution is -0.298. The summed E-state index contributed by atoms with van der Waals surface area (Å²) in [6.07, 6.45) is -4.53. The molecule has 28 nitrogen and oxygen atoms in total. The van der Waals surface area contributed by atoms with E-state index in [1.165, 1.54) is 107 Å². The summed E-state index contributed by atoms with van der Waals surface area (Å²) < 4.78 is 68.9. The second-order valence-corrected chi connectivity index (χ2v) is 29.4. The van der Waals surface area contributed by atoms with Gasteiger partial charge in [-0.15, -0.1) is 0 Å². The quantitative estimate of drug-likeness (QED) is 0.00733. The minimum atomic E-state index is -2.40. The van der Waals surface area contributed by atoms with E-state index in [9.17, 15) is 57.5 Å². The number of hydrogen-bond acceptors (Lipinski definition) is 26. The largest absolute Gasteiger partial charge is 0.459 e. The molecule has 4 amide bonds. The number of aliphatic hydroxyl groups excluding tert-OH is 1. The molecule has 0 aliphatic carbocycles. The Morgan fingerprint density at radius 3 is 0.860 bits per heavy atom. The summed E-state index contributed by atoms with van der Waals surface area (Å²) in [7, 11) is 0. The van der Waals surface area contributed by atoms with Gasteiger partial charge >= 0.3 is 47.8 Å². The van der Waals surface area contributed by atoms with E-state index < -0.39 is 132 Å². The van der Waals surface area contributed by atoms with Crippen molar-refractivity contribution in [2.45, 2.75) is 117 Å². The normalized spacial score (nSPS) is 19.6. The number of hydrogen-bond donors (Lipinski definition) is 2. The second kappa shape index (κ2) is 46.1. The van der Waals surface area contributed by atoms with Gasteiger partial charge in [-0.05, 0) is 123 Å². The highest BCUT2D eigenvalue weighted by Gasteiger charge is 2.57. The summed E-state index contributed by atoms with van der Waals surface area (Å²) in [6.45, 7) is 0.00842. The van der Waals surface area contributed by atoms with Gasteiger partial charge in [0.2, 0.25) is 18.3 Å². The number of carbonyl (C=O) groups excluding carboxylic acids is 12. The first kappa shape index (κ1) is 90.8. The molecule has 2 saturated heterocycles. The first-order valence-electron chi connectivity index (χ1n) is 38.5. The zero-order chi connectivity index (χ0) is 86.1. The average molecular weight is 1710 g/mol. The molecule has 8 aromatic rings. The fourth-order valence-corrected chi connectivity index (χ4v) is 12.6. The van der Waals surface area contributed by atoms with Crippen LogP contribution in [0.3, 0.4) is 0 Å². The molecular weight excluding hydrogens is 1630 g/mol. The van der Waals surface area contributed by atoms with Crippen LogP contribution in [0.1, 0.15) is 134 Å². The minimum absolute atomic E-state index is 0.0809. The summed E-state index contributed by atoms with van der Waals surface area (Å²) in [4.78, 5) is 156. The SMILES string of the molecule is N=C(O[C@@H]1OC(COC(=O)c2ccccc2)[C@H](OC(=O)c2ccccc2)[C@@H](OC(=O)c2ccccc2)C1OC(=O)c1ccccc1)C(Cl)(Cl)Cl.O=C(OCC1O[C@@H](OCCCCCCN2C(=O)C=CC2=O)C(OC(=O)c2ccccc2)[C@H](OC(=O)c2ccccc2)[C@H]1OC(=O)c1ccccc1)c1ccccc1.O=C1C=CC(=O)N1CCCCCCO. The van der Waals surface area contributed by atoms with Crippen LogP contribution in [-0.4, -0.2) is 197 Å². The Morgan fingerprint density at radius 1 is 0.322 bits per heavy atom. The van der Waals surface area contributed by atoms with Gasteiger partial charge in [0, 0.05) is 50.6 Å². The van der Waals surface area contributed by atoms with Gasteiger partial charge in [0.25, 0.3) is 27.4 Å². The van der Waals surface area contributed by atoms with Crippen LogP contribution in [-0.2, 0) is 76.0 Å². The van der Waals surface area contributed by atoms with Crippen LogP contribution in [0.2, 0.25) is 0 Å². The maximum Gasteiger partial charge on any atom is 0.338 e. The maximum absolute atomic E-state index is 13.8. The van der Waals surface area contributed by atoms with Gasteiger partial charge in [-0.25, -0.2) is 38.4 Å². The Labute approximate surface area is 710 Å². The van der Waals surface area contributed by atoms with E-state index in [0.29, 0.717) is 32.2 Å². The number of halogens is 3. The molecule has 10 atom stereocenters. The van der Waals surface area contributed by atoms with E-state index in [-0.39, 0.29) is 87.9 Å². The molecule has 2 fully saturated rings. The predicted molar refractivity (Wildman–Crippen MR) is 435 cm³/mol. The van der Waals surface area contributed by atoms with Crippen LogP contribution >= 0.6 is 34.8 Å². The molecule has 0 aromatic heterocycles. The first-order chi connectivity index (χ1) is 58.5. The van der Waals surface area contributed by atoms with Crippen LogP contribution in [0.15, 0.2) is 267 Å². The molecule has 31 heteroatoms. The zero-order valence-electron chi connectivity index (χ0n) is 64.8. The van der Waals surface area contributed by atoms with Gasteiger partial charge in [-0.2, -0.15) is 0 Å². The van der Waals surface area contributed by atoms with Crippen molar-refractivity contribution in [2.24, 2.45) is 0 Å². The van der Waals surface area contributed by atoms with Crippen molar-refractivity contribution in [1.82, 2.24) is 9.80 Å². The number of aliphatic hydroxyl groups is 1. The minimum Gasteiger partial charge on any atom is -0.459 e. The van der Waals surface area contributed by atoms with Crippen molar-refractivity contribution in [3.63, 3.8) is 0 Å². The van der Waals surface area contributed by atoms with Crippen molar-refractivity contribution in [3.05, 3.63) is 311 Å². The van der Waals surface area contributed by atoms with E-state index in [1.807, 2.05) is 0 Å². The number of esters is 8. The molecule has 0 saturated carbocycles. The molecule has 0 radical (unpaired) electrons. The number of benzene rings is 8. The monoisotopic (exact) mass is 1710 g/mol. The Bertz CT molecular complexity index is 4850. The number of amides is 4. The second-order valence-electron chi connectivity index (χ2n) is 27.1. The van der Waals surface area contributed by atoms with Gasteiger partial charge in [-0.1, -0.05) is 206 Å². The molecule has 4 unspecified atom stereocenters. The Hall–Kier alpha value is -12.5. The molecule has 0 spiro atoms. The number of nitrogens with one attached hydrogen (secondary N) is 1. The molecule has 0 bridgehead atoms. The molecular formula is C90H84Cl3N3O25. The van der Waals surface area contributed by atoms with Crippen LogP contribution < -0.4 is 0 Å². The Kier molecular flexibility index (Phi) is 34.6. The molecule has 12 rings (SSSR count). The molecule has 121 heavy (non-hydrogen) atoms. The van der Waals surface area contributed by atoms with Crippen LogP contribution in [0, 0.1) is 5.41 Å². The van der Waals surface area contributed by atoms with Gasteiger partial charge in [-0.3, -0.25) is 34.4 Å². The van der Waals surface area contributed by atoms with Crippen molar-refractivity contribution in [2.75, 3.05) is 39.5 Å². The van der Waals surface area contributed by atoms with E-state index >= 15 is 0 Å². The standard InChI is InChI=1S/C44H41NO12.C36H28Cl3NO10.C10H15NO3/c46-35-25-26-36(47)45(35)27-15-1-2-16-28-52-44-39(57-43(51)33-23-13-6-14-24-33)38(56-42(50)32-21-11-5-12-22-32)37(55-41(49)31-19-9-4-10-20-31)34(54-44)29-53-40(48)30-17-7-3-8-18-30;37-36(38,39)35(40)50-34-29(49-33(44)25-19-11-4-12-20-25)28(48-32(43)24-17-9-3-10-18-24)27(47-31(42)23-15-7-2-8-16-23)26(46-34)21-45-30(41)22-13-5-1-6-14-22;12-8-4-2-1-3-7-11-9(13)5-6-10(11)14/h3-14,17-26,34,37-39,44H,1-2,15-16,27-29H2;1-20,26-29,34,40H,21H2;5-6,12H,1-4,7-8H2/t34?,37-,38+,39?,44+;26?,27-,28+,29?,34-;/m00./s1. The number of rotatable bonds is 33. The molecule has 4 aliphatic rings. The fraction of sp³-hybridized carbons (Fsp3) is 0.278. The number of unbranched alkanes of at least 4 members (excludes halogenated alkanes) is 6. The summed E-state index contributed by atoms with van der Waals surface area (Å²) in [5, 5.41) is 16.8. The third-order valence-corrected chi connectivity index (χ3v) is 19.1. The van der Waals surface area contributed by atoms with E-state index in [4.69, 9.17) is 102 Å². The fourth-order valence-electron chi connectivity index (χ4n) is 12.4. The third kappa shape index (κ3) is 27.0.